The van der Waals surface area contributed by atoms with Crippen molar-refractivity contribution >= 4 is 44.9 Å². The number of anilines is 1. The fourth-order valence-corrected chi connectivity index (χ4v) is 6.42. The van der Waals surface area contributed by atoms with Gasteiger partial charge in [0.05, 0.1) is 41.2 Å². The SMILES string of the molecule is CC(C)c1ccc([C@@H](Cn2cnc3c4c(sc3c2=O)SCC(=O)N4)N2CCOCC2)cc1. The number of ether oxygens (including phenoxy) is 1. The molecule has 32 heavy (non-hydrogen) atoms. The Bertz CT molecular complexity index is 1200. The maximum absolute atomic E-state index is 13.4. The molecule has 0 radical (unpaired) electrons. The van der Waals surface area contributed by atoms with Crippen LogP contribution in [0.4, 0.5) is 5.69 Å². The third kappa shape index (κ3) is 4.10. The lowest BCUT2D eigenvalue weighted by atomic mass is 9.98. The van der Waals surface area contributed by atoms with Crippen LogP contribution in [-0.2, 0) is 16.1 Å². The number of morpholine rings is 1. The Hall–Kier alpha value is -2.20. The van der Waals surface area contributed by atoms with Gasteiger partial charge in [0.15, 0.2) is 0 Å². The zero-order chi connectivity index (χ0) is 22.2. The van der Waals surface area contributed by atoms with Gasteiger partial charge in [-0.1, -0.05) is 38.1 Å². The highest BCUT2D eigenvalue weighted by molar-refractivity contribution is 8.02. The second kappa shape index (κ2) is 8.97. The highest BCUT2D eigenvalue weighted by atomic mass is 32.2. The lowest BCUT2D eigenvalue weighted by molar-refractivity contribution is -0.113. The molecule has 1 atom stereocenters. The summed E-state index contributed by atoms with van der Waals surface area (Å²) in [6, 6.07) is 8.79. The van der Waals surface area contributed by atoms with Crippen LogP contribution in [0.1, 0.15) is 36.9 Å². The molecule has 3 aromatic rings. The molecule has 0 saturated carbocycles. The van der Waals surface area contributed by atoms with Crippen LogP contribution in [-0.4, -0.2) is 52.4 Å². The predicted molar refractivity (Wildman–Crippen MR) is 129 cm³/mol. The summed E-state index contributed by atoms with van der Waals surface area (Å²) in [5.74, 6) is 0.799. The minimum absolute atomic E-state index is 0.0506. The van der Waals surface area contributed by atoms with Crippen molar-refractivity contribution in [1.29, 1.82) is 0 Å². The van der Waals surface area contributed by atoms with Crippen molar-refractivity contribution in [2.45, 2.75) is 36.6 Å². The molecule has 0 aliphatic carbocycles. The molecule has 4 heterocycles. The van der Waals surface area contributed by atoms with E-state index in [1.54, 1.807) is 10.9 Å². The fraction of sp³-hybridized carbons (Fsp3) is 0.435. The lowest BCUT2D eigenvalue weighted by Gasteiger charge is -2.35. The van der Waals surface area contributed by atoms with E-state index in [-0.39, 0.29) is 17.5 Å². The molecule has 2 aliphatic rings. The molecule has 1 amide bonds. The van der Waals surface area contributed by atoms with Gasteiger partial charge in [-0.2, -0.15) is 0 Å². The van der Waals surface area contributed by atoms with E-state index < -0.39 is 0 Å². The van der Waals surface area contributed by atoms with Crippen molar-refractivity contribution in [1.82, 2.24) is 14.5 Å². The zero-order valence-electron chi connectivity index (χ0n) is 18.2. The van der Waals surface area contributed by atoms with E-state index in [1.165, 1.54) is 34.2 Å². The molecule has 9 heteroatoms. The normalized spacial score (nSPS) is 18.0. The van der Waals surface area contributed by atoms with E-state index in [0.29, 0.717) is 47.3 Å². The number of fused-ring (bicyclic) bond motifs is 3. The van der Waals surface area contributed by atoms with Crippen molar-refractivity contribution in [2.24, 2.45) is 0 Å². The lowest BCUT2D eigenvalue weighted by Crippen LogP contribution is -2.41. The fourth-order valence-electron chi connectivity index (χ4n) is 4.24. The molecular formula is C23H26N4O3S2. The molecule has 2 aliphatic heterocycles. The Labute approximate surface area is 194 Å². The molecule has 1 saturated heterocycles. The van der Waals surface area contributed by atoms with Gasteiger partial charge < -0.3 is 10.1 Å². The number of hydrogen-bond donors (Lipinski definition) is 1. The van der Waals surface area contributed by atoms with Gasteiger partial charge in [0.25, 0.3) is 5.56 Å². The molecule has 0 bridgehead atoms. The van der Waals surface area contributed by atoms with E-state index in [1.807, 2.05) is 0 Å². The highest BCUT2D eigenvalue weighted by Crippen LogP contribution is 2.42. The van der Waals surface area contributed by atoms with Gasteiger partial charge in [-0.05, 0) is 17.0 Å². The van der Waals surface area contributed by atoms with Gasteiger partial charge in [-0.15, -0.1) is 23.1 Å². The number of hydrogen-bond acceptors (Lipinski definition) is 7. The maximum Gasteiger partial charge on any atom is 0.271 e. The number of carbonyl (C=O) groups excluding carboxylic acids is 1. The number of nitrogens with one attached hydrogen (secondary N) is 1. The van der Waals surface area contributed by atoms with Crippen molar-refractivity contribution < 1.29 is 9.53 Å². The average Bonchev–Trinajstić information content (AvgIpc) is 3.18. The van der Waals surface area contributed by atoms with Crippen LogP contribution in [0.3, 0.4) is 0 Å². The van der Waals surface area contributed by atoms with Crippen molar-refractivity contribution in [3.63, 3.8) is 0 Å². The van der Waals surface area contributed by atoms with Gasteiger partial charge in [-0.3, -0.25) is 19.1 Å². The van der Waals surface area contributed by atoms with Crippen molar-refractivity contribution in [2.75, 3.05) is 37.4 Å². The van der Waals surface area contributed by atoms with Crippen molar-refractivity contribution in [3.05, 3.63) is 52.1 Å². The summed E-state index contributed by atoms with van der Waals surface area (Å²) in [5.41, 5.74) is 3.72. The molecule has 0 unspecified atom stereocenters. The molecule has 168 valence electrons. The average molecular weight is 471 g/mol. The minimum atomic E-state index is -0.0543. The van der Waals surface area contributed by atoms with Crippen LogP contribution in [0.5, 0.6) is 0 Å². The van der Waals surface area contributed by atoms with E-state index >= 15 is 0 Å². The molecule has 1 fully saturated rings. The van der Waals surface area contributed by atoms with Crippen LogP contribution in [0.2, 0.25) is 0 Å². The topological polar surface area (TPSA) is 76.5 Å². The number of thiophene rings is 1. The van der Waals surface area contributed by atoms with E-state index in [4.69, 9.17) is 4.74 Å². The summed E-state index contributed by atoms with van der Waals surface area (Å²) in [7, 11) is 0. The molecule has 7 nitrogen and oxygen atoms in total. The molecule has 1 aromatic carbocycles. The van der Waals surface area contributed by atoms with Crippen LogP contribution in [0, 0.1) is 0 Å². The molecule has 0 spiro atoms. The van der Waals surface area contributed by atoms with E-state index in [2.05, 4.69) is 53.3 Å². The summed E-state index contributed by atoms with van der Waals surface area (Å²) >= 11 is 2.90. The van der Waals surface area contributed by atoms with Crippen molar-refractivity contribution in [3.8, 4) is 0 Å². The maximum atomic E-state index is 13.4. The summed E-state index contributed by atoms with van der Waals surface area (Å²) in [5, 5.41) is 2.88. The molecule has 1 N–H and O–H groups in total. The van der Waals surface area contributed by atoms with E-state index in [0.717, 1.165) is 17.3 Å². The third-order valence-corrected chi connectivity index (χ3v) is 8.51. The van der Waals surface area contributed by atoms with Crippen LogP contribution in [0.15, 0.2) is 39.6 Å². The van der Waals surface area contributed by atoms with Crippen LogP contribution < -0.4 is 10.9 Å². The number of amides is 1. The number of nitrogens with zero attached hydrogens (tertiary/aromatic N) is 3. The standard InChI is InChI=1S/C23H26N4O3S2/c1-14(2)15-3-5-16(6-4-15)17(26-7-9-30-10-8-26)11-27-13-24-19-20-23(31-12-18(28)25-20)32-21(19)22(27)29/h3-6,13-14,17H,7-12H2,1-2H3,(H,25,28)/t17-/m1/s1. The summed E-state index contributed by atoms with van der Waals surface area (Å²) < 4.78 is 8.84. The largest absolute Gasteiger partial charge is 0.379 e. The number of rotatable bonds is 5. The first-order valence-corrected chi connectivity index (χ1v) is 12.7. The molecule has 5 rings (SSSR count). The van der Waals surface area contributed by atoms with Gasteiger partial charge in [0.2, 0.25) is 5.91 Å². The number of thioether (sulfide) groups is 1. The molecular weight excluding hydrogens is 444 g/mol. The van der Waals surface area contributed by atoms with Gasteiger partial charge in [-0.25, -0.2) is 4.98 Å². The second-order valence-electron chi connectivity index (χ2n) is 8.47. The minimum Gasteiger partial charge on any atom is -0.379 e. The monoisotopic (exact) mass is 470 g/mol. The number of carbonyl (C=O) groups is 1. The van der Waals surface area contributed by atoms with Crippen LogP contribution >= 0.6 is 23.1 Å². The molecule has 2 aromatic heterocycles. The van der Waals surface area contributed by atoms with Gasteiger partial charge in [0, 0.05) is 19.6 Å². The first-order valence-electron chi connectivity index (χ1n) is 10.9. The Morgan fingerprint density at radius 2 is 1.84 bits per heavy atom. The van der Waals surface area contributed by atoms with Gasteiger partial charge in [0.1, 0.15) is 10.2 Å². The van der Waals surface area contributed by atoms with E-state index in [9.17, 15) is 9.59 Å². The first-order chi connectivity index (χ1) is 15.5. The Morgan fingerprint density at radius 3 is 2.56 bits per heavy atom. The smallest absolute Gasteiger partial charge is 0.271 e. The summed E-state index contributed by atoms with van der Waals surface area (Å²) in [6.45, 7) is 7.95. The Kier molecular flexibility index (Phi) is 6.07. The second-order valence-corrected chi connectivity index (χ2v) is 10.7. The summed E-state index contributed by atoms with van der Waals surface area (Å²) in [4.78, 5) is 32.2. The first kappa shape index (κ1) is 21.6. The predicted octanol–water partition coefficient (Wildman–Crippen LogP) is 3.70. The quantitative estimate of drug-likeness (QED) is 0.613. The highest BCUT2D eigenvalue weighted by Gasteiger charge is 2.26. The third-order valence-electron chi connectivity index (χ3n) is 6.07. The van der Waals surface area contributed by atoms with Gasteiger partial charge >= 0.3 is 0 Å². The summed E-state index contributed by atoms with van der Waals surface area (Å²) in [6.07, 6.45) is 1.62. The zero-order valence-corrected chi connectivity index (χ0v) is 19.8. The van der Waals surface area contributed by atoms with Crippen LogP contribution in [0.25, 0.3) is 10.2 Å². The Morgan fingerprint density at radius 1 is 1.12 bits per heavy atom. The Balaban J connectivity index is 1.51. The number of benzene rings is 1. The number of aromatic nitrogens is 2.